The van der Waals surface area contributed by atoms with E-state index in [1.54, 1.807) is 13.2 Å². The van der Waals surface area contributed by atoms with Gasteiger partial charge in [0.25, 0.3) is 5.69 Å². The Balaban J connectivity index is 1.92. The molecular formula is C31H30N3O3P. The number of anilines is 1. The molecule has 1 heterocycles. The number of non-ortho nitro benzene ring substituents is 1. The molecule has 0 atom stereocenters. The average Bonchev–Trinajstić information content (AvgIpc) is 3.13. The van der Waals surface area contributed by atoms with Crippen LogP contribution in [0.4, 0.5) is 17.1 Å². The van der Waals surface area contributed by atoms with Crippen molar-refractivity contribution in [2.75, 3.05) is 19.1 Å². The van der Waals surface area contributed by atoms with Crippen LogP contribution in [0.5, 0.6) is 5.75 Å². The largest absolute Gasteiger partial charge is 0.494 e. The standard InChI is InChI=1S/C31H30N3O3P/c1-31(2)26-17-11-12-18-28(26)33(3)30(31)22-38(24-13-7-5-8-14-24,25-15-9-6-10-16-25)32-27-21-23(34(35)36)19-20-29(27)37-4/h5-22H,1-4H3/b30-22-. The van der Waals surface area contributed by atoms with Gasteiger partial charge in [0.2, 0.25) is 0 Å². The molecule has 0 N–H and O–H groups in total. The van der Waals surface area contributed by atoms with E-state index in [0.717, 1.165) is 22.0 Å². The number of hydrogen-bond donors (Lipinski definition) is 0. The smallest absolute Gasteiger partial charge is 0.271 e. The maximum atomic E-state index is 11.7. The van der Waals surface area contributed by atoms with Crippen LogP contribution in [0.15, 0.2) is 119 Å². The molecule has 1 aliphatic rings. The molecule has 0 amide bonds. The van der Waals surface area contributed by atoms with Crippen molar-refractivity contribution >= 4 is 34.7 Å². The van der Waals surface area contributed by atoms with Crippen LogP contribution < -0.4 is 20.2 Å². The van der Waals surface area contributed by atoms with E-state index in [4.69, 9.17) is 9.48 Å². The van der Waals surface area contributed by atoms with Crippen LogP contribution in [-0.2, 0) is 5.41 Å². The predicted molar refractivity (Wildman–Crippen MR) is 157 cm³/mol. The monoisotopic (exact) mass is 523 g/mol. The summed E-state index contributed by atoms with van der Waals surface area (Å²) in [5.74, 6) is 2.81. The molecule has 192 valence electrons. The SMILES string of the molecule is COc1ccc([N+](=O)[O-])cc1N=P(/C=C1\N(C)c2ccccc2C1(C)C)(c1ccccc1)c1ccccc1. The van der Waals surface area contributed by atoms with Crippen molar-refractivity contribution in [2.45, 2.75) is 19.3 Å². The highest BCUT2D eigenvalue weighted by molar-refractivity contribution is 7.83. The highest BCUT2D eigenvalue weighted by Gasteiger charge is 2.40. The van der Waals surface area contributed by atoms with Crippen LogP contribution in [0.3, 0.4) is 0 Å². The summed E-state index contributed by atoms with van der Waals surface area (Å²) in [5, 5.41) is 13.8. The van der Waals surface area contributed by atoms with Gasteiger partial charge in [-0.1, -0.05) is 92.7 Å². The zero-order valence-electron chi connectivity index (χ0n) is 21.9. The second-order valence-electron chi connectivity index (χ2n) is 9.79. The highest BCUT2D eigenvalue weighted by atomic mass is 31.2. The van der Waals surface area contributed by atoms with Crippen molar-refractivity contribution in [1.29, 1.82) is 0 Å². The fraction of sp³-hybridized carbons (Fsp3) is 0.161. The van der Waals surface area contributed by atoms with Gasteiger partial charge in [0, 0.05) is 46.6 Å². The number of hydrogen-bond acceptors (Lipinski definition) is 5. The minimum absolute atomic E-state index is 0.0258. The molecule has 0 saturated carbocycles. The van der Waals surface area contributed by atoms with Crippen molar-refractivity contribution in [3.63, 3.8) is 0 Å². The first kappa shape index (κ1) is 25.5. The van der Waals surface area contributed by atoms with Gasteiger partial charge in [-0.3, -0.25) is 14.9 Å². The number of fused-ring (bicyclic) bond motifs is 1. The number of likely N-dealkylation sites (N-methyl/N-ethyl adjacent to an activating group) is 1. The number of rotatable bonds is 6. The van der Waals surface area contributed by atoms with Crippen molar-refractivity contribution in [1.82, 2.24) is 0 Å². The van der Waals surface area contributed by atoms with Crippen LogP contribution in [0.25, 0.3) is 0 Å². The summed E-state index contributed by atoms with van der Waals surface area (Å²) in [6.45, 7) is 4.47. The number of ether oxygens (including phenoxy) is 1. The van der Waals surface area contributed by atoms with Crippen LogP contribution in [0.2, 0.25) is 0 Å². The number of para-hydroxylation sites is 1. The van der Waals surface area contributed by atoms with E-state index in [2.05, 4.69) is 80.1 Å². The lowest BCUT2D eigenvalue weighted by Gasteiger charge is -2.30. The van der Waals surface area contributed by atoms with Gasteiger partial charge in [-0.15, -0.1) is 0 Å². The second-order valence-corrected chi connectivity index (χ2v) is 12.6. The van der Waals surface area contributed by atoms with Gasteiger partial charge in [0.05, 0.1) is 19.1 Å². The highest BCUT2D eigenvalue weighted by Crippen LogP contribution is 2.58. The van der Waals surface area contributed by atoms with Crippen LogP contribution in [0, 0.1) is 10.1 Å². The Bertz CT molecular complexity index is 1540. The Hall–Kier alpha value is -4.15. The summed E-state index contributed by atoms with van der Waals surface area (Å²) in [5.41, 5.74) is 3.70. The van der Waals surface area contributed by atoms with Gasteiger partial charge in [0.15, 0.2) is 0 Å². The minimum Gasteiger partial charge on any atom is -0.494 e. The van der Waals surface area contributed by atoms with E-state index in [1.165, 1.54) is 17.7 Å². The van der Waals surface area contributed by atoms with Gasteiger partial charge in [-0.25, -0.2) is 0 Å². The molecule has 6 nitrogen and oxygen atoms in total. The van der Waals surface area contributed by atoms with Crippen molar-refractivity contribution in [3.05, 3.63) is 130 Å². The lowest BCUT2D eigenvalue weighted by Crippen LogP contribution is -2.25. The number of nitro benzene ring substituents is 1. The summed E-state index contributed by atoms with van der Waals surface area (Å²) in [7, 11) is 0.970. The third kappa shape index (κ3) is 4.31. The van der Waals surface area contributed by atoms with Gasteiger partial charge in [0.1, 0.15) is 11.4 Å². The zero-order chi connectivity index (χ0) is 26.9. The summed E-state index contributed by atoms with van der Waals surface area (Å²) in [6, 6.07) is 33.5. The second kappa shape index (κ2) is 9.96. The Labute approximate surface area is 223 Å². The first-order valence-electron chi connectivity index (χ1n) is 12.4. The summed E-state index contributed by atoms with van der Waals surface area (Å²) >= 11 is 0. The van der Waals surface area contributed by atoms with E-state index in [1.807, 2.05) is 36.4 Å². The minimum atomic E-state index is -2.69. The van der Waals surface area contributed by atoms with Crippen molar-refractivity contribution in [2.24, 2.45) is 4.74 Å². The van der Waals surface area contributed by atoms with Crippen LogP contribution >= 0.6 is 7.05 Å². The number of nitrogens with zero attached hydrogens (tertiary/aromatic N) is 3. The summed E-state index contributed by atoms with van der Waals surface area (Å²) in [4.78, 5) is 13.6. The molecule has 0 saturated heterocycles. The molecule has 0 aromatic heterocycles. The Morgan fingerprint density at radius 2 is 1.47 bits per heavy atom. The van der Waals surface area contributed by atoms with E-state index >= 15 is 0 Å². The molecule has 4 aromatic rings. The lowest BCUT2D eigenvalue weighted by atomic mass is 9.84. The Morgan fingerprint density at radius 3 is 2.03 bits per heavy atom. The normalized spacial score (nSPS) is 15.3. The summed E-state index contributed by atoms with van der Waals surface area (Å²) < 4.78 is 11.1. The fourth-order valence-corrected chi connectivity index (χ4v) is 8.68. The first-order valence-corrected chi connectivity index (χ1v) is 14.2. The van der Waals surface area contributed by atoms with Crippen molar-refractivity contribution < 1.29 is 9.66 Å². The third-order valence-electron chi connectivity index (χ3n) is 7.19. The maximum absolute atomic E-state index is 11.7. The zero-order valence-corrected chi connectivity index (χ0v) is 22.8. The van der Waals surface area contributed by atoms with E-state index in [9.17, 15) is 10.1 Å². The fourth-order valence-electron chi connectivity index (χ4n) is 5.20. The van der Waals surface area contributed by atoms with Gasteiger partial charge >= 0.3 is 0 Å². The molecule has 0 unspecified atom stereocenters. The quantitative estimate of drug-likeness (QED) is 0.150. The van der Waals surface area contributed by atoms with Crippen LogP contribution in [-0.4, -0.2) is 19.1 Å². The number of methoxy groups -OCH3 is 1. The third-order valence-corrected chi connectivity index (χ3v) is 10.5. The molecule has 0 fully saturated rings. The summed E-state index contributed by atoms with van der Waals surface area (Å²) in [6.07, 6.45) is 0. The van der Waals surface area contributed by atoms with Gasteiger partial charge < -0.3 is 9.64 Å². The van der Waals surface area contributed by atoms with E-state index < -0.39 is 12.0 Å². The lowest BCUT2D eigenvalue weighted by molar-refractivity contribution is -0.384. The van der Waals surface area contributed by atoms with E-state index in [0.29, 0.717) is 11.4 Å². The Morgan fingerprint density at radius 1 is 0.895 bits per heavy atom. The van der Waals surface area contributed by atoms with E-state index in [-0.39, 0.29) is 11.1 Å². The molecule has 0 spiro atoms. The molecule has 5 rings (SSSR count). The van der Waals surface area contributed by atoms with Crippen molar-refractivity contribution in [3.8, 4) is 5.75 Å². The van der Waals surface area contributed by atoms with Gasteiger partial charge in [-0.05, 0) is 23.5 Å². The first-order chi connectivity index (χ1) is 18.3. The molecule has 0 bridgehead atoms. The number of nitro groups is 1. The average molecular weight is 524 g/mol. The molecule has 0 radical (unpaired) electrons. The molecule has 7 heteroatoms. The molecule has 1 aliphatic heterocycles. The molecule has 4 aromatic carbocycles. The number of allylic oxidation sites excluding steroid dienone is 1. The number of benzene rings is 4. The Kier molecular flexibility index (Phi) is 6.68. The maximum Gasteiger partial charge on any atom is 0.271 e. The predicted octanol–water partition coefficient (Wildman–Crippen LogP) is 7.36. The van der Waals surface area contributed by atoms with Gasteiger partial charge in [-0.2, -0.15) is 0 Å². The van der Waals surface area contributed by atoms with Crippen LogP contribution in [0.1, 0.15) is 19.4 Å². The molecular weight excluding hydrogens is 493 g/mol. The molecule has 38 heavy (non-hydrogen) atoms. The topological polar surface area (TPSA) is 68.0 Å². The molecule has 0 aliphatic carbocycles.